The minimum absolute atomic E-state index is 0.0441. The molecule has 0 amide bonds. The quantitative estimate of drug-likeness (QED) is 0.823. The van der Waals surface area contributed by atoms with Gasteiger partial charge in [0.15, 0.2) is 0 Å². The molecule has 2 heterocycles. The van der Waals surface area contributed by atoms with Crippen LogP contribution in [0.3, 0.4) is 0 Å². The molecular formula is C12H17N3OS. The van der Waals surface area contributed by atoms with Gasteiger partial charge in [0.25, 0.3) is 0 Å². The standard InChI is InChI=1S/C12H17N3OS/c1-2-15-8-10(6-14-15)12(9-16)13-7-11-4-3-5-17-11/h3-6,8,12-13,16H,2,7,9H2,1H3. The van der Waals surface area contributed by atoms with Gasteiger partial charge in [0, 0.05) is 29.7 Å². The fraction of sp³-hybridized carbons (Fsp3) is 0.417. The third kappa shape index (κ3) is 3.15. The summed E-state index contributed by atoms with van der Waals surface area (Å²) >= 11 is 1.72. The molecule has 2 N–H and O–H groups in total. The highest BCUT2D eigenvalue weighted by Gasteiger charge is 2.11. The first-order chi connectivity index (χ1) is 8.33. The van der Waals surface area contributed by atoms with Crippen molar-refractivity contribution in [2.45, 2.75) is 26.1 Å². The smallest absolute Gasteiger partial charge is 0.0627 e. The van der Waals surface area contributed by atoms with Crippen LogP contribution in [0, 0.1) is 0 Å². The molecule has 0 saturated heterocycles. The van der Waals surface area contributed by atoms with Crippen LogP contribution >= 0.6 is 11.3 Å². The van der Waals surface area contributed by atoms with Gasteiger partial charge in [-0.3, -0.25) is 4.68 Å². The first kappa shape index (κ1) is 12.3. The predicted octanol–water partition coefficient (Wildman–Crippen LogP) is 1.79. The van der Waals surface area contributed by atoms with Gasteiger partial charge < -0.3 is 10.4 Å². The monoisotopic (exact) mass is 251 g/mol. The van der Waals surface area contributed by atoms with Crippen LogP contribution in [-0.4, -0.2) is 21.5 Å². The van der Waals surface area contributed by atoms with Crippen LogP contribution in [0.2, 0.25) is 0 Å². The summed E-state index contributed by atoms with van der Waals surface area (Å²) in [5, 5.41) is 19.0. The molecule has 2 rings (SSSR count). The summed E-state index contributed by atoms with van der Waals surface area (Å²) in [6.45, 7) is 3.76. The van der Waals surface area contributed by atoms with Gasteiger partial charge >= 0.3 is 0 Å². The fourth-order valence-electron chi connectivity index (χ4n) is 1.66. The molecule has 0 aliphatic rings. The van der Waals surface area contributed by atoms with E-state index in [0.717, 1.165) is 18.7 Å². The Hall–Kier alpha value is -1.17. The molecule has 2 aromatic rings. The summed E-state index contributed by atoms with van der Waals surface area (Å²) < 4.78 is 1.87. The van der Waals surface area contributed by atoms with Crippen molar-refractivity contribution in [1.82, 2.24) is 15.1 Å². The van der Waals surface area contributed by atoms with Crippen molar-refractivity contribution in [3.8, 4) is 0 Å². The predicted molar refractivity (Wildman–Crippen MR) is 68.9 cm³/mol. The highest BCUT2D eigenvalue weighted by molar-refractivity contribution is 7.09. The average molecular weight is 251 g/mol. The fourth-order valence-corrected chi connectivity index (χ4v) is 2.31. The van der Waals surface area contributed by atoms with Crippen LogP contribution in [0.1, 0.15) is 23.4 Å². The maximum Gasteiger partial charge on any atom is 0.0627 e. The van der Waals surface area contributed by atoms with E-state index in [1.807, 2.05) is 30.1 Å². The Morgan fingerprint density at radius 3 is 3.06 bits per heavy atom. The molecule has 92 valence electrons. The van der Waals surface area contributed by atoms with Gasteiger partial charge in [0.1, 0.15) is 0 Å². The molecule has 5 heteroatoms. The molecule has 0 aliphatic heterocycles. The topological polar surface area (TPSA) is 50.1 Å². The summed E-state index contributed by atoms with van der Waals surface area (Å²) in [6, 6.07) is 4.07. The van der Waals surface area contributed by atoms with Gasteiger partial charge in [-0.1, -0.05) is 6.07 Å². The maximum absolute atomic E-state index is 9.39. The van der Waals surface area contributed by atoms with Crippen molar-refractivity contribution in [3.63, 3.8) is 0 Å². The molecule has 0 bridgehead atoms. The molecule has 0 saturated carbocycles. The molecule has 0 aliphatic carbocycles. The van der Waals surface area contributed by atoms with E-state index >= 15 is 0 Å². The Morgan fingerprint density at radius 1 is 1.59 bits per heavy atom. The lowest BCUT2D eigenvalue weighted by Gasteiger charge is -2.13. The van der Waals surface area contributed by atoms with E-state index in [1.165, 1.54) is 4.88 Å². The molecule has 1 atom stereocenters. The van der Waals surface area contributed by atoms with E-state index in [2.05, 4.69) is 21.9 Å². The first-order valence-electron chi connectivity index (χ1n) is 5.72. The van der Waals surface area contributed by atoms with E-state index in [4.69, 9.17) is 0 Å². The molecular weight excluding hydrogens is 234 g/mol. The largest absolute Gasteiger partial charge is 0.394 e. The van der Waals surface area contributed by atoms with Crippen LogP contribution in [0.25, 0.3) is 0 Å². The lowest BCUT2D eigenvalue weighted by Crippen LogP contribution is -2.23. The number of nitrogens with one attached hydrogen (secondary N) is 1. The van der Waals surface area contributed by atoms with Crippen molar-refractivity contribution >= 4 is 11.3 Å². The molecule has 0 spiro atoms. The summed E-state index contributed by atoms with van der Waals surface area (Å²) in [4.78, 5) is 1.27. The van der Waals surface area contributed by atoms with Gasteiger partial charge in [-0.2, -0.15) is 5.10 Å². The van der Waals surface area contributed by atoms with Gasteiger partial charge in [-0.15, -0.1) is 11.3 Å². The van der Waals surface area contributed by atoms with Crippen LogP contribution < -0.4 is 5.32 Å². The molecule has 17 heavy (non-hydrogen) atoms. The van der Waals surface area contributed by atoms with Gasteiger partial charge in [-0.25, -0.2) is 0 Å². The van der Waals surface area contributed by atoms with Crippen molar-refractivity contribution in [1.29, 1.82) is 0 Å². The van der Waals surface area contributed by atoms with Gasteiger partial charge in [0.2, 0.25) is 0 Å². The van der Waals surface area contributed by atoms with E-state index in [-0.39, 0.29) is 12.6 Å². The second-order valence-corrected chi connectivity index (χ2v) is 4.86. The number of nitrogens with zero attached hydrogens (tertiary/aromatic N) is 2. The van der Waals surface area contributed by atoms with Crippen LogP contribution in [0.15, 0.2) is 29.9 Å². The highest BCUT2D eigenvalue weighted by atomic mass is 32.1. The molecule has 0 fully saturated rings. The number of aryl methyl sites for hydroxylation is 1. The molecule has 1 unspecified atom stereocenters. The number of hydrogen-bond donors (Lipinski definition) is 2. The number of aromatic nitrogens is 2. The van der Waals surface area contributed by atoms with E-state index < -0.39 is 0 Å². The Balaban J connectivity index is 1.96. The summed E-state index contributed by atoms with van der Waals surface area (Å²) in [5.41, 5.74) is 1.03. The minimum atomic E-state index is -0.0441. The van der Waals surface area contributed by atoms with E-state index in [0.29, 0.717) is 0 Å². The SMILES string of the molecule is CCn1cc(C(CO)NCc2cccs2)cn1. The van der Waals surface area contributed by atoms with E-state index in [1.54, 1.807) is 11.3 Å². The minimum Gasteiger partial charge on any atom is -0.394 e. The first-order valence-corrected chi connectivity index (χ1v) is 6.60. The number of hydrogen-bond acceptors (Lipinski definition) is 4. The highest BCUT2D eigenvalue weighted by Crippen LogP contribution is 2.14. The Labute approximate surface area is 105 Å². The van der Waals surface area contributed by atoms with Crippen LogP contribution in [-0.2, 0) is 13.1 Å². The summed E-state index contributed by atoms with van der Waals surface area (Å²) in [5.74, 6) is 0. The number of rotatable bonds is 6. The van der Waals surface area contributed by atoms with Crippen LogP contribution in [0.4, 0.5) is 0 Å². The Bertz CT molecular complexity index is 438. The molecule has 4 nitrogen and oxygen atoms in total. The Morgan fingerprint density at radius 2 is 2.47 bits per heavy atom. The summed E-state index contributed by atoms with van der Waals surface area (Å²) in [7, 11) is 0. The third-order valence-electron chi connectivity index (χ3n) is 2.66. The lowest BCUT2D eigenvalue weighted by molar-refractivity contribution is 0.244. The zero-order chi connectivity index (χ0) is 12.1. The maximum atomic E-state index is 9.39. The Kier molecular flexibility index (Phi) is 4.30. The van der Waals surface area contributed by atoms with Crippen molar-refractivity contribution in [3.05, 3.63) is 40.3 Å². The van der Waals surface area contributed by atoms with Gasteiger partial charge in [-0.05, 0) is 18.4 Å². The normalized spacial score (nSPS) is 12.8. The van der Waals surface area contributed by atoms with Crippen molar-refractivity contribution in [2.24, 2.45) is 0 Å². The zero-order valence-corrected chi connectivity index (χ0v) is 10.7. The molecule has 0 radical (unpaired) electrons. The molecule has 2 aromatic heterocycles. The zero-order valence-electron chi connectivity index (χ0n) is 9.84. The third-order valence-corrected chi connectivity index (χ3v) is 3.54. The molecule has 0 aromatic carbocycles. The summed E-state index contributed by atoms with van der Waals surface area (Å²) in [6.07, 6.45) is 3.79. The van der Waals surface area contributed by atoms with Gasteiger partial charge in [0.05, 0.1) is 18.8 Å². The average Bonchev–Trinajstić information content (AvgIpc) is 3.00. The second-order valence-electron chi connectivity index (χ2n) is 3.82. The van der Waals surface area contributed by atoms with Crippen LogP contribution in [0.5, 0.6) is 0 Å². The van der Waals surface area contributed by atoms with Crippen molar-refractivity contribution in [2.75, 3.05) is 6.61 Å². The number of thiophene rings is 1. The number of aliphatic hydroxyl groups is 1. The lowest BCUT2D eigenvalue weighted by atomic mass is 10.2. The number of aliphatic hydroxyl groups excluding tert-OH is 1. The van der Waals surface area contributed by atoms with E-state index in [9.17, 15) is 5.11 Å². The van der Waals surface area contributed by atoms with Crippen molar-refractivity contribution < 1.29 is 5.11 Å². The second kappa shape index (κ2) is 5.95.